The van der Waals surface area contributed by atoms with Crippen molar-refractivity contribution in [1.29, 1.82) is 0 Å². The van der Waals surface area contributed by atoms with Gasteiger partial charge in [0, 0.05) is 11.5 Å². The topological polar surface area (TPSA) is 48.8 Å². The van der Waals surface area contributed by atoms with E-state index in [4.69, 9.17) is 5.53 Å². The zero-order valence-electron chi connectivity index (χ0n) is 6.66. The van der Waals surface area contributed by atoms with E-state index in [9.17, 15) is 0 Å². The second-order valence-corrected chi connectivity index (χ2v) is 2.81. The van der Waals surface area contributed by atoms with Gasteiger partial charge in [-0.1, -0.05) is 16.8 Å². The number of azide groups is 1. The van der Waals surface area contributed by atoms with Crippen molar-refractivity contribution in [2.24, 2.45) is 5.11 Å². The lowest BCUT2D eigenvalue weighted by Gasteiger charge is -2.10. The molecule has 0 amide bonds. The Labute approximate surface area is 66.7 Å². The molecule has 0 N–H and O–H groups in total. The number of nitrogens with zero attached hydrogens (tertiary/aromatic N) is 3. The van der Waals surface area contributed by atoms with Crippen LogP contribution in [0.1, 0.15) is 32.1 Å². The third-order valence-electron chi connectivity index (χ3n) is 1.98. The highest BCUT2D eigenvalue weighted by Gasteiger charge is 2.01. The van der Waals surface area contributed by atoms with E-state index in [1.807, 2.05) is 0 Å². The van der Waals surface area contributed by atoms with Crippen LogP contribution in [0.5, 0.6) is 0 Å². The number of rotatable bonds is 3. The maximum absolute atomic E-state index is 8.03. The van der Waals surface area contributed by atoms with Crippen LogP contribution < -0.4 is 0 Å². The van der Waals surface area contributed by atoms with E-state index < -0.39 is 0 Å². The van der Waals surface area contributed by atoms with Gasteiger partial charge in [-0.15, -0.1) is 0 Å². The van der Waals surface area contributed by atoms with Gasteiger partial charge >= 0.3 is 0 Å². The first-order chi connectivity index (χ1) is 5.43. The lowest BCUT2D eigenvalue weighted by Crippen LogP contribution is -1.93. The summed E-state index contributed by atoms with van der Waals surface area (Å²) >= 11 is 0. The summed E-state index contributed by atoms with van der Waals surface area (Å²) in [6, 6.07) is 0. The van der Waals surface area contributed by atoms with Gasteiger partial charge in [-0.2, -0.15) is 0 Å². The Morgan fingerprint density at radius 1 is 1.55 bits per heavy atom. The van der Waals surface area contributed by atoms with Gasteiger partial charge in [0.15, 0.2) is 0 Å². The first-order valence-corrected chi connectivity index (χ1v) is 4.12. The van der Waals surface area contributed by atoms with Gasteiger partial charge in [0.2, 0.25) is 0 Å². The molecule has 0 saturated heterocycles. The van der Waals surface area contributed by atoms with E-state index in [0.717, 1.165) is 6.42 Å². The highest BCUT2D eigenvalue weighted by molar-refractivity contribution is 5.05. The zero-order chi connectivity index (χ0) is 7.94. The minimum absolute atomic E-state index is 0.627. The Hall–Kier alpha value is -0.950. The van der Waals surface area contributed by atoms with Crippen molar-refractivity contribution in [3.8, 4) is 0 Å². The van der Waals surface area contributed by atoms with E-state index in [-0.39, 0.29) is 0 Å². The fourth-order valence-corrected chi connectivity index (χ4v) is 1.37. The molecule has 3 heteroatoms. The fourth-order valence-electron chi connectivity index (χ4n) is 1.37. The summed E-state index contributed by atoms with van der Waals surface area (Å²) in [4.78, 5) is 2.72. The SMILES string of the molecule is [N-]=[N+]=NCCC1=CCCCC1. The summed E-state index contributed by atoms with van der Waals surface area (Å²) in [6.07, 6.45) is 8.31. The van der Waals surface area contributed by atoms with Crippen LogP contribution in [0.4, 0.5) is 0 Å². The van der Waals surface area contributed by atoms with Crippen LogP contribution in [-0.4, -0.2) is 6.54 Å². The summed E-state index contributed by atoms with van der Waals surface area (Å²) in [6.45, 7) is 0.627. The van der Waals surface area contributed by atoms with E-state index in [1.54, 1.807) is 0 Å². The molecule has 0 heterocycles. The smallest absolute Gasteiger partial charge is 0.0295 e. The Morgan fingerprint density at radius 3 is 3.09 bits per heavy atom. The number of hydrogen-bond acceptors (Lipinski definition) is 1. The molecule has 3 nitrogen and oxygen atoms in total. The molecule has 1 aliphatic carbocycles. The van der Waals surface area contributed by atoms with Gasteiger partial charge in [0.1, 0.15) is 0 Å². The van der Waals surface area contributed by atoms with Crippen LogP contribution in [0, 0.1) is 0 Å². The van der Waals surface area contributed by atoms with Gasteiger partial charge in [-0.25, -0.2) is 0 Å². The average Bonchev–Trinajstić information content (AvgIpc) is 2.07. The quantitative estimate of drug-likeness (QED) is 0.257. The molecule has 0 aromatic carbocycles. The van der Waals surface area contributed by atoms with Crippen molar-refractivity contribution in [2.75, 3.05) is 6.54 Å². The summed E-state index contributed by atoms with van der Waals surface area (Å²) in [5, 5.41) is 3.51. The molecular formula is C8H13N3. The normalized spacial score (nSPS) is 16.9. The van der Waals surface area contributed by atoms with Crippen LogP contribution in [0.15, 0.2) is 16.8 Å². The van der Waals surface area contributed by atoms with Crippen molar-refractivity contribution < 1.29 is 0 Å². The van der Waals surface area contributed by atoms with Crippen LogP contribution in [-0.2, 0) is 0 Å². The molecule has 0 fully saturated rings. The molecule has 11 heavy (non-hydrogen) atoms. The summed E-state index contributed by atoms with van der Waals surface area (Å²) in [5.41, 5.74) is 9.51. The molecule has 0 aromatic heterocycles. The molecule has 0 aromatic rings. The van der Waals surface area contributed by atoms with Crippen molar-refractivity contribution in [3.05, 3.63) is 22.1 Å². The van der Waals surface area contributed by atoms with Gasteiger partial charge in [-0.05, 0) is 37.6 Å². The van der Waals surface area contributed by atoms with Gasteiger partial charge in [-0.3, -0.25) is 0 Å². The minimum atomic E-state index is 0.627. The second kappa shape index (κ2) is 4.80. The highest BCUT2D eigenvalue weighted by atomic mass is 15.1. The third-order valence-corrected chi connectivity index (χ3v) is 1.98. The van der Waals surface area contributed by atoms with Crippen LogP contribution in [0.25, 0.3) is 10.4 Å². The van der Waals surface area contributed by atoms with E-state index >= 15 is 0 Å². The van der Waals surface area contributed by atoms with Crippen molar-refractivity contribution in [2.45, 2.75) is 32.1 Å². The summed E-state index contributed by atoms with van der Waals surface area (Å²) in [7, 11) is 0. The van der Waals surface area contributed by atoms with E-state index in [2.05, 4.69) is 16.1 Å². The standard InChI is InChI=1S/C8H13N3/c9-11-10-7-6-8-4-2-1-3-5-8/h4H,1-3,5-7H2. The zero-order valence-corrected chi connectivity index (χ0v) is 6.66. The number of allylic oxidation sites excluding steroid dienone is 1. The summed E-state index contributed by atoms with van der Waals surface area (Å²) < 4.78 is 0. The monoisotopic (exact) mass is 151 g/mol. The van der Waals surface area contributed by atoms with E-state index in [0.29, 0.717) is 6.54 Å². The Balaban J connectivity index is 2.24. The largest absolute Gasteiger partial charge is 0.0936 e. The van der Waals surface area contributed by atoms with Gasteiger partial charge < -0.3 is 0 Å². The molecular weight excluding hydrogens is 138 g/mol. The fraction of sp³-hybridized carbons (Fsp3) is 0.750. The van der Waals surface area contributed by atoms with Crippen LogP contribution in [0.2, 0.25) is 0 Å². The molecule has 0 unspecified atom stereocenters. The van der Waals surface area contributed by atoms with Crippen LogP contribution >= 0.6 is 0 Å². The molecule has 0 radical (unpaired) electrons. The molecule has 1 aliphatic rings. The highest BCUT2D eigenvalue weighted by Crippen LogP contribution is 2.19. The maximum Gasteiger partial charge on any atom is 0.0295 e. The molecule has 1 rings (SSSR count). The first kappa shape index (κ1) is 8.15. The molecule has 0 spiro atoms. The predicted octanol–water partition coefficient (Wildman–Crippen LogP) is 3.19. The predicted molar refractivity (Wildman–Crippen MR) is 45.2 cm³/mol. The van der Waals surface area contributed by atoms with Crippen molar-refractivity contribution in [1.82, 2.24) is 0 Å². The number of hydrogen-bond donors (Lipinski definition) is 0. The van der Waals surface area contributed by atoms with Crippen molar-refractivity contribution >= 4 is 0 Å². The molecule has 0 atom stereocenters. The second-order valence-electron chi connectivity index (χ2n) is 2.81. The lowest BCUT2D eigenvalue weighted by atomic mass is 9.97. The van der Waals surface area contributed by atoms with E-state index in [1.165, 1.54) is 31.3 Å². The molecule has 0 bridgehead atoms. The van der Waals surface area contributed by atoms with Crippen LogP contribution in [0.3, 0.4) is 0 Å². The lowest BCUT2D eigenvalue weighted by molar-refractivity contribution is 0.676. The average molecular weight is 151 g/mol. The first-order valence-electron chi connectivity index (χ1n) is 4.12. The van der Waals surface area contributed by atoms with Gasteiger partial charge in [0.05, 0.1) is 0 Å². The Bertz CT molecular complexity index is 190. The maximum atomic E-state index is 8.03. The molecule has 0 saturated carbocycles. The molecule has 60 valence electrons. The van der Waals surface area contributed by atoms with Crippen molar-refractivity contribution in [3.63, 3.8) is 0 Å². The summed E-state index contributed by atoms with van der Waals surface area (Å²) in [5.74, 6) is 0. The minimum Gasteiger partial charge on any atom is -0.0936 e. The Kier molecular flexibility index (Phi) is 3.56. The third kappa shape index (κ3) is 3.10. The Morgan fingerprint density at radius 2 is 2.45 bits per heavy atom. The van der Waals surface area contributed by atoms with Gasteiger partial charge in [0.25, 0.3) is 0 Å². The molecule has 0 aliphatic heterocycles.